The molecule has 1 fully saturated rings. The van der Waals surface area contributed by atoms with Gasteiger partial charge in [0.15, 0.2) is 9.84 Å². The Kier molecular flexibility index (Phi) is 4.01. The van der Waals surface area contributed by atoms with Crippen molar-refractivity contribution < 1.29 is 18.3 Å². The molecule has 6 nitrogen and oxygen atoms in total. The topological polar surface area (TPSA) is 101 Å². The zero-order valence-corrected chi connectivity index (χ0v) is 12.1. The second-order valence-corrected chi connectivity index (χ2v) is 7.17. The van der Waals surface area contributed by atoms with E-state index >= 15 is 0 Å². The van der Waals surface area contributed by atoms with Crippen molar-refractivity contribution in [3.63, 3.8) is 0 Å². The third kappa shape index (κ3) is 3.10. The molecule has 1 atom stereocenters. The molecule has 7 heteroatoms. The summed E-state index contributed by atoms with van der Waals surface area (Å²) in [5.74, 6) is -0.160. The number of anilines is 1. The van der Waals surface area contributed by atoms with Crippen molar-refractivity contribution in [2.24, 2.45) is 5.92 Å². The van der Waals surface area contributed by atoms with Crippen LogP contribution in [0.15, 0.2) is 23.1 Å². The lowest BCUT2D eigenvalue weighted by molar-refractivity contribution is 0.0781. The molecule has 0 spiro atoms. The molecular weight excluding hydrogens is 280 g/mol. The Morgan fingerprint density at radius 3 is 2.70 bits per heavy atom. The summed E-state index contributed by atoms with van der Waals surface area (Å²) < 4.78 is 23.1. The van der Waals surface area contributed by atoms with Crippen LogP contribution in [0.5, 0.6) is 0 Å². The molecule has 0 aliphatic carbocycles. The fourth-order valence-corrected chi connectivity index (χ4v) is 3.00. The van der Waals surface area contributed by atoms with Gasteiger partial charge in [-0.15, -0.1) is 0 Å². The summed E-state index contributed by atoms with van der Waals surface area (Å²) in [5, 5.41) is 9.09. The monoisotopic (exact) mass is 298 g/mol. The predicted octanol–water partition coefficient (Wildman–Crippen LogP) is 0.127. The van der Waals surface area contributed by atoms with Gasteiger partial charge in [0.2, 0.25) is 0 Å². The molecule has 0 radical (unpaired) electrons. The number of carbonyl (C=O) groups excluding carboxylic acids is 1. The predicted molar refractivity (Wildman–Crippen MR) is 75.1 cm³/mol. The zero-order chi connectivity index (χ0) is 14.9. The average Bonchev–Trinajstić information content (AvgIpc) is 2.84. The molecule has 0 saturated carbocycles. The number of amides is 1. The largest absolute Gasteiger partial charge is 0.399 e. The summed E-state index contributed by atoms with van der Waals surface area (Å²) in [7, 11) is -3.41. The summed E-state index contributed by atoms with van der Waals surface area (Å²) in [6.07, 6.45) is 1.83. The first-order valence-corrected chi connectivity index (χ1v) is 8.21. The molecule has 1 aliphatic rings. The van der Waals surface area contributed by atoms with Crippen LogP contribution < -0.4 is 5.73 Å². The van der Waals surface area contributed by atoms with Crippen LogP contribution in [0, 0.1) is 5.92 Å². The van der Waals surface area contributed by atoms with Crippen LogP contribution in [0.2, 0.25) is 0 Å². The number of carbonyl (C=O) groups is 1. The Hall–Kier alpha value is -1.60. The Labute approximate surface area is 118 Å². The second-order valence-electron chi connectivity index (χ2n) is 5.15. The van der Waals surface area contributed by atoms with E-state index in [1.165, 1.54) is 18.2 Å². The maximum atomic E-state index is 12.3. The van der Waals surface area contributed by atoms with Gasteiger partial charge in [-0.05, 0) is 24.6 Å². The van der Waals surface area contributed by atoms with Crippen molar-refractivity contribution in [2.75, 3.05) is 31.7 Å². The first-order valence-electron chi connectivity index (χ1n) is 6.32. The smallest absolute Gasteiger partial charge is 0.253 e. The normalized spacial score (nSPS) is 19.3. The standard InChI is InChI=1S/C13H18N2O4S/c1-20(18,19)12-5-10(4-11(14)6-12)13(17)15-3-2-9(7-15)8-16/h4-6,9,16H,2-3,7-8,14H2,1H3. The average molecular weight is 298 g/mol. The number of sulfone groups is 1. The molecule has 3 N–H and O–H groups in total. The lowest BCUT2D eigenvalue weighted by atomic mass is 10.1. The Morgan fingerprint density at radius 2 is 2.15 bits per heavy atom. The maximum Gasteiger partial charge on any atom is 0.253 e. The van der Waals surface area contributed by atoms with Crippen LogP contribution in [0.4, 0.5) is 5.69 Å². The molecule has 0 aromatic heterocycles. The minimum Gasteiger partial charge on any atom is -0.399 e. The van der Waals surface area contributed by atoms with Crippen molar-refractivity contribution in [3.8, 4) is 0 Å². The van der Waals surface area contributed by atoms with Gasteiger partial charge in [0, 0.05) is 43.1 Å². The number of rotatable bonds is 3. The van der Waals surface area contributed by atoms with Gasteiger partial charge in [-0.25, -0.2) is 8.42 Å². The molecule has 0 bridgehead atoms. The van der Waals surface area contributed by atoms with E-state index in [4.69, 9.17) is 10.8 Å². The highest BCUT2D eigenvalue weighted by atomic mass is 32.2. The quantitative estimate of drug-likeness (QED) is 0.772. The van der Waals surface area contributed by atoms with Gasteiger partial charge < -0.3 is 15.7 Å². The lowest BCUT2D eigenvalue weighted by Gasteiger charge is -2.17. The highest BCUT2D eigenvalue weighted by Gasteiger charge is 2.27. The number of nitrogens with zero attached hydrogens (tertiary/aromatic N) is 1. The van der Waals surface area contributed by atoms with Crippen LogP contribution >= 0.6 is 0 Å². The Balaban J connectivity index is 2.29. The molecule has 1 amide bonds. The zero-order valence-electron chi connectivity index (χ0n) is 11.2. The third-order valence-corrected chi connectivity index (χ3v) is 4.53. The highest BCUT2D eigenvalue weighted by molar-refractivity contribution is 7.90. The van der Waals surface area contributed by atoms with Gasteiger partial charge in [0.25, 0.3) is 5.91 Å². The summed E-state index contributed by atoms with van der Waals surface area (Å²) in [6.45, 7) is 1.10. The molecule has 1 aromatic carbocycles. The maximum absolute atomic E-state index is 12.3. The minimum atomic E-state index is -3.41. The summed E-state index contributed by atoms with van der Waals surface area (Å²) >= 11 is 0. The van der Waals surface area contributed by atoms with E-state index < -0.39 is 9.84 Å². The lowest BCUT2D eigenvalue weighted by Crippen LogP contribution is -2.29. The van der Waals surface area contributed by atoms with Gasteiger partial charge in [-0.3, -0.25) is 4.79 Å². The number of aliphatic hydroxyl groups excluding tert-OH is 1. The molecule has 1 aliphatic heterocycles. The van der Waals surface area contributed by atoms with Crippen LogP contribution in [-0.2, 0) is 9.84 Å². The number of hydrogen-bond donors (Lipinski definition) is 2. The summed E-state index contributed by atoms with van der Waals surface area (Å²) in [6, 6.07) is 4.16. The van der Waals surface area contributed by atoms with Gasteiger partial charge >= 0.3 is 0 Å². The number of aliphatic hydroxyl groups is 1. The Morgan fingerprint density at radius 1 is 1.45 bits per heavy atom. The number of nitrogen functional groups attached to an aromatic ring is 1. The van der Waals surface area contributed by atoms with Crippen LogP contribution in [0.25, 0.3) is 0 Å². The first kappa shape index (κ1) is 14.8. The van der Waals surface area contributed by atoms with E-state index in [1.807, 2.05) is 0 Å². The molecule has 2 rings (SSSR count). The third-order valence-electron chi connectivity index (χ3n) is 3.44. The van der Waals surface area contributed by atoms with Crippen molar-refractivity contribution in [3.05, 3.63) is 23.8 Å². The molecule has 110 valence electrons. The van der Waals surface area contributed by atoms with Gasteiger partial charge in [-0.2, -0.15) is 0 Å². The number of likely N-dealkylation sites (tertiary alicyclic amines) is 1. The summed E-state index contributed by atoms with van der Waals surface area (Å²) in [5.41, 5.74) is 6.18. The van der Waals surface area contributed by atoms with E-state index in [9.17, 15) is 13.2 Å². The minimum absolute atomic E-state index is 0.0405. The van der Waals surface area contributed by atoms with Crippen molar-refractivity contribution in [2.45, 2.75) is 11.3 Å². The van der Waals surface area contributed by atoms with Crippen LogP contribution in [0.1, 0.15) is 16.8 Å². The SMILES string of the molecule is CS(=O)(=O)c1cc(N)cc(C(=O)N2CCC(CO)C2)c1. The van der Waals surface area contributed by atoms with Crippen molar-refractivity contribution in [1.29, 1.82) is 0 Å². The van der Waals surface area contributed by atoms with E-state index in [2.05, 4.69) is 0 Å². The molecule has 1 heterocycles. The fourth-order valence-electron chi connectivity index (χ4n) is 2.31. The van der Waals surface area contributed by atoms with Gasteiger partial charge in [0.05, 0.1) is 4.90 Å². The summed E-state index contributed by atoms with van der Waals surface area (Å²) in [4.78, 5) is 14.0. The van der Waals surface area contributed by atoms with Gasteiger partial charge in [0.1, 0.15) is 0 Å². The number of benzene rings is 1. The molecule has 20 heavy (non-hydrogen) atoms. The van der Waals surface area contributed by atoms with E-state index in [0.29, 0.717) is 13.1 Å². The molecule has 1 unspecified atom stereocenters. The van der Waals surface area contributed by atoms with E-state index in [0.717, 1.165) is 12.7 Å². The van der Waals surface area contributed by atoms with Crippen molar-refractivity contribution >= 4 is 21.4 Å². The molecule has 1 aromatic rings. The molecular formula is C13H18N2O4S. The first-order chi connectivity index (χ1) is 9.31. The second kappa shape index (κ2) is 5.41. The van der Waals surface area contributed by atoms with E-state index in [-0.39, 0.29) is 34.6 Å². The Bertz CT molecular complexity index is 627. The molecule has 1 saturated heterocycles. The van der Waals surface area contributed by atoms with Gasteiger partial charge in [-0.1, -0.05) is 0 Å². The number of nitrogens with two attached hydrogens (primary N) is 1. The highest BCUT2D eigenvalue weighted by Crippen LogP contribution is 2.22. The van der Waals surface area contributed by atoms with Crippen molar-refractivity contribution in [1.82, 2.24) is 4.90 Å². The van der Waals surface area contributed by atoms with Crippen LogP contribution in [-0.4, -0.2) is 50.3 Å². The fraction of sp³-hybridized carbons (Fsp3) is 0.462. The van der Waals surface area contributed by atoms with E-state index in [1.54, 1.807) is 4.90 Å². The number of hydrogen-bond acceptors (Lipinski definition) is 5. The van der Waals surface area contributed by atoms with Crippen LogP contribution in [0.3, 0.4) is 0 Å².